The Morgan fingerprint density at radius 1 is 1.23 bits per heavy atom. The van der Waals surface area contributed by atoms with E-state index in [1.54, 1.807) is 35.2 Å². The van der Waals surface area contributed by atoms with Gasteiger partial charge in [-0.2, -0.15) is 5.10 Å². The monoisotopic (exact) mass is 452 g/mol. The van der Waals surface area contributed by atoms with E-state index in [1.807, 2.05) is 42.5 Å². The Hall–Kier alpha value is -3.16. The van der Waals surface area contributed by atoms with Gasteiger partial charge in [-0.25, -0.2) is 0 Å². The third kappa shape index (κ3) is 4.33. The number of amides is 1. The Morgan fingerprint density at radius 2 is 2.03 bits per heavy atom. The maximum absolute atomic E-state index is 13.1. The van der Waals surface area contributed by atoms with E-state index in [9.17, 15) is 4.79 Å². The second-order valence-electron chi connectivity index (χ2n) is 7.04. The molecule has 1 aliphatic heterocycles. The van der Waals surface area contributed by atoms with E-state index in [2.05, 4.69) is 17.3 Å². The molecule has 1 amide bonds. The van der Waals surface area contributed by atoms with Crippen molar-refractivity contribution < 1.29 is 9.53 Å². The number of aromatic nitrogens is 2. The van der Waals surface area contributed by atoms with Gasteiger partial charge in [-0.3, -0.25) is 14.4 Å². The number of ether oxygens (including phenoxy) is 1. The van der Waals surface area contributed by atoms with Crippen LogP contribution in [0.25, 0.3) is 6.08 Å². The van der Waals surface area contributed by atoms with E-state index in [0.717, 1.165) is 34.5 Å². The SMILES string of the molecule is CCc1ccccc1N1C(=O)/C(=C\c2ccc(OC)c(Cn3cc(Cl)cn3)c2)NC1=S. The number of carbonyl (C=O) groups excluding carboxylic acids is 1. The molecule has 1 saturated heterocycles. The number of methoxy groups -OCH3 is 1. The van der Waals surface area contributed by atoms with Crippen LogP contribution in [0, 0.1) is 0 Å². The second kappa shape index (κ2) is 8.91. The molecule has 31 heavy (non-hydrogen) atoms. The zero-order valence-corrected chi connectivity index (χ0v) is 18.7. The highest BCUT2D eigenvalue weighted by Crippen LogP contribution is 2.28. The number of hydrogen-bond acceptors (Lipinski definition) is 4. The molecule has 0 unspecified atom stereocenters. The summed E-state index contributed by atoms with van der Waals surface area (Å²) in [6.45, 7) is 2.54. The van der Waals surface area contributed by atoms with Crippen LogP contribution in [0.1, 0.15) is 23.6 Å². The Bertz CT molecular complexity index is 1190. The Balaban J connectivity index is 1.65. The number of para-hydroxylation sites is 1. The molecule has 2 aromatic carbocycles. The molecule has 0 bridgehead atoms. The van der Waals surface area contributed by atoms with Crippen molar-refractivity contribution in [1.82, 2.24) is 15.1 Å². The minimum Gasteiger partial charge on any atom is -0.496 e. The summed E-state index contributed by atoms with van der Waals surface area (Å²) in [7, 11) is 1.62. The quantitative estimate of drug-likeness (QED) is 0.443. The number of rotatable bonds is 6. The molecule has 0 spiro atoms. The Labute approximate surface area is 191 Å². The van der Waals surface area contributed by atoms with Crippen LogP contribution < -0.4 is 15.0 Å². The first kappa shape index (κ1) is 21.1. The summed E-state index contributed by atoms with van der Waals surface area (Å²) < 4.78 is 7.21. The molecule has 0 aliphatic carbocycles. The number of thiocarbonyl (C=S) groups is 1. The molecule has 0 radical (unpaired) electrons. The van der Waals surface area contributed by atoms with Gasteiger partial charge >= 0.3 is 0 Å². The van der Waals surface area contributed by atoms with Gasteiger partial charge in [0.15, 0.2) is 5.11 Å². The van der Waals surface area contributed by atoms with Crippen molar-refractivity contribution in [2.24, 2.45) is 0 Å². The second-order valence-corrected chi connectivity index (χ2v) is 7.86. The first-order chi connectivity index (χ1) is 15.0. The summed E-state index contributed by atoms with van der Waals surface area (Å²) in [6.07, 6.45) is 5.93. The van der Waals surface area contributed by atoms with E-state index in [-0.39, 0.29) is 5.91 Å². The van der Waals surface area contributed by atoms with Crippen LogP contribution in [0.4, 0.5) is 5.69 Å². The topological polar surface area (TPSA) is 59.4 Å². The van der Waals surface area contributed by atoms with Gasteiger partial charge in [0.25, 0.3) is 5.91 Å². The van der Waals surface area contributed by atoms with Crippen molar-refractivity contribution in [3.63, 3.8) is 0 Å². The summed E-state index contributed by atoms with van der Waals surface area (Å²) in [5, 5.41) is 8.22. The summed E-state index contributed by atoms with van der Waals surface area (Å²) in [4.78, 5) is 14.7. The van der Waals surface area contributed by atoms with E-state index >= 15 is 0 Å². The standard InChI is InChI=1S/C23H21ClN4O2S/c1-3-16-6-4-5-7-20(16)28-22(29)19(26-23(28)31)11-15-8-9-21(30-2)17(10-15)13-27-14-18(24)12-25-27/h4-12,14H,3,13H2,1-2H3,(H,26,31)/b19-11+. The average Bonchev–Trinajstić information content (AvgIpc) is 3.30. The van der Waals surface area contributed by atoms with Crippen molar-refractivity contribution in [3.05, 3.63) is 82.3 Å². The first-order valence-electron chi connectivity index (χ1n) is 9.80. The smallest absolute Gasteiger partial charge is 0.281 e. The zero-order valence-electron chi connectivity index (χ0n) is 17.1. The molecule has 1 aromatic heterocycles. The maximum atomic E-state index is 13.1. The van der Waals surface area contributed by atoms with Gasteiger partial charge in [-0.15, -0.1) is 0 Å². The minimum atomic E-state index is -0.179. The molecule has 8 heteroatoms. The largest absolute Gasteiger partial charge is 0.496 e. The lowest BCUT2D eigenvalue weighted by Gasteiger charge is -2.17. The van der Waals surface area contributed by atoms with Crippen LogP contribution in [-0.2, 0) is 17.8 Å². The number of nitrogens with zero attached hydrogens (tertiary/aromatic N) is 3. The molecule has 158 valence electrons. The molecule has 1 aliphatic rings. The van der Waals surface area contributed by atoms with Crippen molar-refractivity contribution in [1.29, 1.82) is 0 Å². The molecule has 6 nitrogen and oxygen atoms in total. The summed E-state index contributed by atoms with van der Waals surface area (Å²) in [5.41, 5.74) is 4.05. The molecule has 4 rings (SSSR count). The number of aryl methyl sites for hydroxylation is 1. The number of benzene rings is 2. The number of anilines is 1. The molecule has 0 atom stereocenters. The van der Waals surface area contributed by atoms with Crippen molar-refractivity contribution in [2.75, 3.05) is 12.0 Å². The summed E-state index contributed by atoms with van der Waals surface area (Å²) >= 11 is 11.4. The summed E-state index contributed by atoms with van der Waals surface area (Å²) in [6, 6.07) is 13.5. The predicted molar refractivity (Wildman–Crippen MR) is 126 cm³/mol. The maximum Gasteiger partial charge on any atom is 0.281 e. The zero-order chi connectivity index (χ0) is 22.0. The van der Waals surface area contributed by atoms with Crippen molar-refractivity contribution >= 4 is 46.6 Å². The van der Waals surface area contributed by atoms with Gasteiger partial charge in [-0.05, 0) is 54.0 Å². The number of carbonyl (C=O) groups is 1. The third-order valence-electron chi connectivity index (χ3n) is 5.04. The van der Waals surface area contributed by atoms with Crippen LogP contribution in [-0.4, -0.2) is 27.9 Å². The van der Waals surface area contributed by atoms with Gasteiger partial charge in [-0.1, -0.05) is 42.8 Å². The van der Waals surface area contributed by atoms with Crippen LogP contribution in [0.5, 0.6) is 5.75 Å². The van der Waals surface area contributed by atoms with Crippen LogP contribution in [0.2, 0.25) is 5.02 Å². The molecular formula is C23H21ClN4O2S. The molecular weight excluding hydrogens is 432 g/mol. The lowest BCUT2D eigenvalue weighted by atomic mass is 10.1. The van der Waals surface area contributed by atoms with Crippen molar-refractivity contribution in [3.8, 4) is 5.75 Å². The van der Waals surface area contributed by atoms with E-state index in [1.165, 1.54) is 0 Å². The van der Waals surface area contributed by atoms with E-state index in [4.69, 9.17) is 28.6 Å². The Kier molecular flexibility index (Phi) is 6.06. The van der Waals surface area contributed by atoms with E-state index < -0.39 is 0 Å². The van der Waals surface area contributed by atoms with E-state index in [0.29, 0.717) is 22.4 Å². The number of nitrogens with one attached hydrogen (secondary N) is 1. The molecule has 2 heterocycles. The minimum absolute atomic E-state index is 0.179. The third-order valence-corrected chi connectivity index (χ3v) is 5.52. The van der Waals surface area contributed by atoms with Crippen LogP contribution in [0.3, 0.4) is 0 Å². The fourth-order valence-electron chi connectivity index (χ4n) is 3.56. The lowest BCUT2D eigenvalue weighted by molar-refractivity contribution is -0.113. The lowest BCUT2D eigenvalue weighted by Crippen LogP contribution is -2.31. The van der Waals surface area contributed by atoms with Gasteiger partial charge in [0.1, 0.15) is 11.4 Å². The van der Waals surface area contributed by atoms with Gasteiger partial charge in [0.2, 0.25) is 0 Å². The van der Waals surface area contributed by atoms with Gasteiger partial charge in [0, 0.05) is 11.8 Å². The molecule has 3 aromatic rings. The highest BCUT2D eigenvalue weighted by molar-refractivity contribution is 7.80. The molecule has 1 N–H and O–H groups in total. The van der Waals surface area contributed by atoms with Crippen LogP contribution >= 0.6 is 23.8 Å². The highest BCUT2D eigenvalue weighted by Gasteiger charge is 2.32. The van der Waals surface area contributed by atoms with Crippen molar-refractivity contribution in [2.45, 2.75) is 19.9 Å². The van der Waals surface area contributed by atoms with Gasteiger partial charge < -0.3 is 10.1 Å². The normalized spacial score (nSPS) is 14.9. The highest BCUT2D eigenvalue weighted by atomic mass is 35.5. The molecule has 0 saturated carbocycles. The van der Waals surface area contributed by atoms with Crippen LogP contribution in [0.15, 0.2) is 60.6 Å². The summed E-state index contributed by atoms with van der Waals surface area (Å²) in [5.74, 6) is 0.552. The fraction of sp³-hybridized carbons (Fsp3) is 0.174. The Morgan fingerprint density at radius 3 is 2.74 bits per heavy atom. The molecule has 1 fully saturated rings. The fourth-order valence-corrected chi connectivity index (χ4v) is 4.01. The average molecular weight is 453 g/mol. The number of hydrogen-bond donors (Lipinski definition) is 1. The first-order valence-corrected chi connectivity index (χ1v) is 10.6. The predicted octanol–water partition coefficient (Wildman–Crippen LogP) is 4.42. The number of halogens is 1. The van der Waals surface area contributed by atoms with Gasteiger partial charge in [0.05, 0.1) is 30.6 Å².